The fourth-order valence-corrected chi connectivity index (χ4v) is 2.53. The summed E-state index contributed by atoms with van der Waals surface area (Å²) in [7, 11) is 0. The van der Waals surface area contributed by atoms with E-state index in [0.717, 1.165) is 21.5 Å². The summed E-state index contributed by atoms with van der Waals surface area (Å²) in [4.78, 5) is 20.7. The summed E-state index contributed by atoms with van der Waals surface area (Å²) in [5.74, 6) is 0. The van der Waals surface area contributed by atoms with Crippen LogP contribution in [0.15, 0.2) is 29.4 Å². The molecule has 2 aromatic rings. The minimum absolute atomic E-state index is 0.193. The number of aromatic nitrogens is 2. The molecule has 1 aromatic heterocycles. The quantitative estimate of drug-likeness (QED) is 0.653. The summed E-state index contributed by atoms with van der Waals surface area (Å²) in [6.07, 6.45) is 3.81. The highest BCUT2D eigenvalue weighted by molar-refractivity contribution is 8.14. The number of hydrogen-bond donors (Lipinski definition) is 0. The lowest BCUT2D eigenvalue weighted by Gasteiger charge is -2.00. The van der Waals surface area contributed by atoms with Gasteiger partial charge in [0.1, 0.15) is 0 Å². The zero-order valence-corrected chi connectivity index (χ0v) is 8.04. The Balaban J connectivity index is 2.39. The van der Waals surface area contributed by atoms with Crippen molar-refractivity contribution in [2.24, 2.45) is 0 Å². The molecule has 1 aliphatic heterocycles. The molecule has 14 heavy (non-hydrogen) atoms. The van der Waals surface area contributed by atoms with Gasteiger partial charge in [-0.1, -0.05) is 11.8 Å². The highest BCUT2D eigenvalue weighted by atomic mass is 32.2. The smallest absolute Gasteiger partial charge is 0.198 e. The first-order valence-electron chi connectivity index (χ1n) is 4.28. The Labute approximate surface area is 84.6 Å². The molecule has 0 atom stereocenters. The molecular weight excluding hydrogens is 196 g/mol. The first-order chi connectivity index (χ1) is 6.84. The molecule has 3 rings (SSSR count). The van der Waals surface area contributed by atoms with Crippen LogP contribution in [-0.2, 0) is 11.2 Å². The number of thioether (sulfide) groups is 1. The van der Waals surface area contributed by atoms with Crippen LogP contribution in [0.4, 0.5) is 0 Å². The Morgan fingerprint density at radius 1 is 1.21 bits per heavy atom. The summed E-state index contributed by atoms with van der Waals surface area (Å²) in [6, 6.07) is 3.86. The summed E-state index contributed by atoms with van der Waals surface area (Å²) in [5.41, 5.74) is 2.76. The summed E-state index contributed by atoms with van der Waals surface area (Å²) < 4.78 is 0. The van der Waals surface area contributed by atoms with Gasteiger partial charge in [0.15, 0.2) is 5.12 Å². The Hall–Kier alpha value is -1.42. The fourth-order valence-electron chi connectivity index (χ4n) is 1.64. The van der Waals surface area contributed by atoms with Crippen LogP contribution in [0.5, 0.6) is 0 Å². The number of hydrogen-bond acceptors (Lipinski definition) is 4. The molecule has 0 radical (unpaired) electrons. The first-order valence-corrected chi connectivity index (χ1v) is 5.09. The van der Waals surface area contributed by atoms with Crippen molar-refractivity contribution in [1.82, 2.24) is 9.97 Å². The van der Waals surface area contributed by atoms with Crippen LogP contribution in [0.2, 0.25) is 0 Å². The Bertz CT molecular complexity index is 539. The van der Waals surface area contributed by atoms with Crippen molar-refractivity contribution in [3.8, 4) is 0 Å². The van der Waals surface area contributed by atoms with Crippen LogP contribution in [-0.4, -0.2) is 15.1 Å². The number of fused-ring (bicyclic) bond motifs is 3. The zero-order valence-electron chi connectivity index (χ0n) is 7.23. The SMILES string of the molecule is O=C1Cc2c(ccc3nccnc23)S1. The number of rotatable bonds is 0. The summed E-state index contributed by atoms with van der Waals surface area (Å²) >= 11 is 1.30. The van der Waals surface area contributed by atoms with E-state index in [1.807, 2.05) is 12.1 Å². The normalized spacial score (nSPS) is 14.7. The first kappa shape index (κ1) is 7.94. The van der Waals surface area contributed by atoms with E-state index in [1.54, 1.807) is 12.4 Å². The Morgan fingerprint density at radius 2 is 2.07 bits per heavy atom. The molecule has 0 spiro atoms. The predicted octanol–water partition coefficient (Wildman–Crippen LogP) is 1.80. The van der Waals surface area contributed by atoms with Crippen molar-refractivity contribution in [2.75, 3.05) is 0 Å². The second-order valence-electron chi connectivity index (χ2n) is 3.12. The molecule has 0 fully saturated rings. The largest absolute Gasteiger partial charge is 0.286 e. The van der Waals surface area contributed by atoms with Crippen LogP contribution in [0.1, 0.15) is 5.56 Å². The standard InChI is InChI=1S/C10H6N2OS/c13-9-5-6-8(14-9)2-1-7-10(6)12-4-3-11-7/h1-4H,5H2. The van der Waals surface area contributed by atoms with E-state index in [9.17, 15) is 4.79 Å². The average Bonchev–Trinajstić information content (AvgIpc) is 2.59. The van der Waals surface area contributed by atoms with Crippen LogP contribution in [0.25, 0.3) is 11.0 Å². The van der Waals surface area contributed by atoms with Gasteiger partial charge in [-0.25, -0.2) is 0 Å². The Morgan fingerprint density at radius 3 is 3.00 bits per heavy atom. The lowest BCUT2D eigenvalue weighted by molar-refractivity contribution is -0.110. The van der Waals surface area contributed by atoms with Gasteiger partial charge in [0.25, 0.3) is 0 Å². The van der Waals surface area contributed by atoms with E-state index in [4.69, 9.17) is 0 Å². The topological polar surface area (TPSA) is 42.9 Å². The van der Waals surface area contributed by atoms with Crippen LogP contribution >= 0.6 is 11.8 Å². The summed E-state index contributed by atoms with van der Waals surface area (Å²) in [5, 5.41) is 0.193. The van der Waals surface area contributed by atoms with Gasteiger partial charge in [-0.2, -0.15) is 0 Å². The maximum absolute atomic E-state index is 11.3. The van der Waals surface area contributed by atoms with Gasteiger partial charge < -0.3 is 0 Å². The van der Waals surface area contributed by atoms with Crippen molar-refractivity contribution in [2.45, 2.75) is 11.3 Å². The van der Waals surface area contributed by atoms with E-state index in [-0.39, 0.29) is 5.12 Å². The van der Waals surface area contributed by atoms with Gasteiger partial charge in [-0.15, -0.1) is 0 Å². The van der Waals surface area contributed by atoms with Crippen LogP contribution in [0.3, 0.4) is 0 Å². The minimum Gasteiger partial charge on any atom is -0.286 e. The average molecular weight is 202 g/mol. The molecular formula is C10H6N2OS. The van der Waals surface area contributed by atoms with Gasteiger partial charge in [-0.3, -0.25) is 14.8 Å². The van der Waals surface area contributed by atoms with E-state index in [1.165, 1.54) is 11.8 Å². The molecule has 0 N–H and O–H groups in total. The van der Waals surface area contributed by atoms with Crippen molar-refractivity contribution < 1.29 is 4.79 Å². The lowest BCUT2D eigenvalue weighted by Crippen LogP contribution is -1.91. The summed E-state index contributed by atoms with van der Waals surface area (Å²) in [6.45, 7) is 0. The van der Waals surface area contributed by atoms with E-state index < -0.39 is 0 Å². The molecule has 0 aliphatic carbocycles. The molecule has 68 valence electrons. The fraction of sp³-hybridized carbons (Fsp3) is 0.100. The Kier molecular flexibility index (Phi) is 1.58. The minimum atomic E-state index is 0.193. The third-order valence-electron chi connectivity index (χ3n) is 2.25. The molecule has 0 amide bonds. The molecule has 1 aliphatic rings. The van der Waals surface area contributed by atoms with Crippen molar-refractivity contribution in [3.05, 3.63) is 30.1 Å². The molecule has 0 unspecified atom stereocenters. The number of nitrogens with zero attached hydrogens (tertiary/aromatic N) is 2. The van der Waals surface area contributed by atoms with E-state index >= 15 is 0 Å². The predicted molar refractivity (Wildman–Crippen MR) is 54.1 cm³/mol. The number of carbonyl (C=O) groups excluding carboxylic acids is 1. The maximum atomic E-state index is 11.3. The molecule has 0 bridgehead atoms. The van der Waals surface area contributed by atoms with Gasteiger partial charge >= 0.3 is 0 Å². The van der Waals surface area contributed by atoms with E-state index in [2.05, 4.69) is 9.97 Å². The van der Waals surface area contributed by atoms with Gasteiger partial charge in [-0.05, 0) is 12.1 Å². The molecule has 3 nitrogen and oxygen atoms in total. The molecule has 0 saturated carbocycles. The van der Waals surface area contributed by atoms with Crippen LogP contribution < -0.4 is 0 Å². The van der Waals surface area contributed by atoms with Crippen LogP contribution in [0, 0.1) is 0 Å². The van der Waals surface area contributed by atoms with Gasteiger partial charge in [0.05, 0.1) is 11.0 Å². The van der Waals surface area contributed by atoms with Crippen molar-refractivity contribution in [1.29, 1.82) is 0 Å². The molecule has 2 heterocycles. The highest BCUT2D eigenvalue weighted by Crippen LogP contribution is 2.35. The van der Waals surface area contributed by atoms with E-state index in [0.29, 0.717) is 6.42 Å². The molecule has 4 heteroatoms. The highest BCUT2D eigenvalue weighted by Gasteiger charge is 2.22. The number of carbonyl (C=O) groups is 1. The molecule has 1 aromatic carbocycles. The van der Waals surface area contributed by atoms with Gasteiger partial charge in [0.2, 0.25) is 0 Å². The second kappa shape index (κ2) is 2.78. The van der Waals surface area contributed by atoms with Crippen molar-refractivity contribution >= 4 is 27.9 Å². The maximum Gasteiger partial charge on any atom is 0.198 e. The third kappa shape index (κ3) is 1.04. The van der Waals surface area contributed by atoms with Gasteiger partial charge in [0, 0.05) is 29.3 Å². The second-order valence-corrected chi connectivity index (χ2v) is 4.22. The third-order valence-corrected chi connectivity index (χ3v) is 3.22. The van der Waals surface area contributed by atoms with Crippen molar-refractivity contribution in [3.63, 3.8) is 0 Å². The number of benzene rings is 1. The molecule has 0 saturated heterocycles. The zero-order chi connectivity index (χ0) is 9.54. The monoisotopic (exact) mass is 202 g/mol. The lowest BCUT2D eigenvalue weighted by atomic mass is 10.1.